The number of unbranched alkanes of at least 4 members (excludes halogenated alkanes) is 2. The molecule has 0 atom stereocenters. The van der Waals surface area contributed by atoms with Gasteiger partial charge < -0.3 is 11.1 Å². The molecule has 0 rings (SSSR count). The normalized spacial score (nSPS) is 9.69. The summed E-state index contributed by atoms with van der Waals surface area (Å²) >= 11 is 0. The van der Waals surface area contributed by atoms with Crippen LogP contribution in [0, 0.1) is 0 Å². The minimum Gasteiger partial charge on any atom is -0.352 e. The monoisotopic (exact) mass is 184 g/mol. The Labute approximate surface area is 80.4 Å². The number of amides is 1. The van der Waals surface area contributed by atoms with Gasteiger partial charge >= 0.3 is 0 Å². The van der Waals surface area contributed by atoms with Crippen LogP contribution in [0.5, 0.6) is 0 Å². The van der Waals surface area contributed by atoms with Crippen LogP contribution in [0.15, 0.2) is 12.2 Å². The fourth-order valence-corrected chi connectivity index (χ4v) is 0.945. The number of hydrogen-bond donors (Lipinski definition) is 2. The zero-order valence-electron chi connectivity index (χ0n) is 8.44. The molecule has 0 saturated heterocycles. The molecule has 0 aliphatic carbocycles. The van der Waals surface area contributed by atoms with E-state index in [0.717, 1.165) is 24.8 Å². The van der Waals surface area contributed by atoms with Gasteiger partial charge in [0.05, 0.1) is 0 Å². The van der Waals surface area contributed by atoms with Crippen molar-refractivity contribution in [2.24, 2.45) is 5.73 Å². The standard InChI is InChI=1S/C10H20N2O/c1-9(2)8-12-10(13)6-4-3-5-7-11/h1,3-8,11H2,2H3,(H,12,13). The zero-order valence-corrected chi connectivity index (χ0v) is 8.44. The van der Waals surface area contributed by atoms with Gasteiger partial charge in [-0.05, 0) is 26.3 Å². The third-order valence-corrected chi connectivity index (χ3v) is 1.70. The Morgan fingerprint density at radius 1 is 1.38 bits per heavy atom. The summed E-state index contributed by atoms with van der Waals surface area (Å²) in [7, 11) is 0. The fourth-order valence-electron chi connectivity index (χ4n) is 0.945. The van der Waals surface area contributed by atoms with Gasteiger partial charge in [0.1, 0.15) is 0 Å². The van der Waals surface area contributed by atoms with Gasteiger partial charge in [-0.1, -0.05) is 18.6 Å². The van der Waals surface area contributed by atoms with Crippen LogP contribution in [0.2, 0.25) is 0 Å². The molecule has 13 heavy (non-hydrogen) atoms. The lowest BCUT2D eigenvalue weighted by Gasteiger charge is -2.03. The smallest absolute Gasteiger partial charge is 0.220 e. The lowest BCUT2D eigenvalue weighted by atomic mass is 10.2. The van der Waals surface area contributed by atoms with E-state index in [9.17, 15) is 4.79 Å². The van der Waals surface area contributed by atoms with Crippen LogP contribution in [0.25, 0.3) is 0 Å². The first-order valence-electron chi connectivity index (χ1n) is 4.78. The minimum atomic E-state index is 0.111. The molecule has 0 spiro atoms. The molecule has 0 bridgehead atoms. The quantitative estimate of drug-likeness (QED) is 0.461. The predicted octanol–water partition coefficient (Wildman–Crippen LogP) is 1.20. The minimum absolute atomic E-state index is 0.111. The summed E-state index contributed by atoms with van der Waals surface area (Å²) in [4.78, 5) is 11.1. The van der Waals surface area contributed by atoms with Gasteiger partial charge in [-0.2, -0.15) is 0 Å². The number of rotatable bonds is 7. The molecule has 0 heterocycles. The zero-order chi connectivity index (χ0) is 10.1. The number of carbonyl (C=O) groups is 1. The molecule has 0 aromatic rings. The van der Waals surface area contributed by atoms with Gasteiger partial charge in [0.25, 0.3) is 0 Å². The van der Waals surface area contributed by atoms with Crippen molar-refractivity contribution in [3.8, 4) is 0 Å². The van der Waals surface area contributed by atoms with Gasteiger partial charge in [-0.25, -0.2) is 0 Å². The Hall–Kier alpha value is -0.830. The maximum Gasteiger partial charge on any atom is 0.220 e. The highest BCUT2D eigenvalue weighted by molar-refractivity contribution is 5.76. The van der Waals surface area contributed by atoms with Gasteiger partial charge in [-0.15, -0.1) is 0 Å². The summed E-state index contributed by atoms with van der Waals surface area (Å²) in [5.74, 6) is 0.111. The molecule has 0 aliphatic heterocycles. The maximum absolute atomic E-state index is 11.1. The first kappa shape index (κ1) is 12.2. The van der Waals surface area contributed by atoms with E-state index in [4.69, 9.17) is 5.73 Å². The Bertz CT molecular complexity index is 166. The third-order valence-electron chi connectivity index (χ3n) is 1.70. The largest absolute Gasteiger partial charge is 0.352 e. The van der Waals surface area contributed by atoms with E-state index < -0.39 is 0 Å². The van der Waals surface area contributed by atoms with Crippen molar-refractivity contribution in [1.29, 1.82) is 0 Å². The summed E-state index contributed by atoms with van der Waals surface area (Å²) in [6, 6.07) is 0. The Morgan fingerprint density at radius 3 is 2.62 bits per heavy atom. The lowest BCUT2D eigenvalue weighted by molar-refractivity contribution is -0.121. The van der Waals surface area contributed by atoms with Crippen LogP contribution in [0.4, 0.5) is 0 Å². The van der Waals surface area contributed by atoms with Crippen LogP contribution < -0.4 is 11.1 Å². The molecule has 3 N–H and O–H groups in total. The molecule has 0 aliphatic rings. The van der Waals surface area contributed by atoms with Crippen molar-refractivity contribution in [3.05, 3.63) is 12.2 Å². The van der Waals surface area contributed by atoms with Crippen molar-refractivity contribution in [1.82, 2.24) is 5.32 Å². The average Bonchev–Trinajstić information content (AvgIpc) is 2.09. The molecule has 0 fully saturated rings. The summed E-state index contributed by atoms with van der Waals surface area (Å²) in [5.41, 5.74) is 6.31. The van der Waals surface area contributed by atoms with Gasteiger partial charge in [-0.3, -0.25) is 4.79 Å². The van der Waals surface area contributed by atoms with E-state index in [-0.39, 0.29) is 5.91 Å². The third kappa shape index (κ3) is 9.08. The van der Waals surface area contributed by atoms with Crippen molar-refractivity contribution < 1.29 is 4.79 Å². The van der Waals surface area contributed by atoms with Crippen LogP contribution in [0.1, 0.15) is 32.6 Å². The lowest BCUT2D eigenvalue weighted by Crippen LogP contribution is -2.24. The first-order chi connectivity index (χ1) is 6.16. The van der Waals surface area contributed by atoms with Crippen molar-refractivity contribution in [3.63, 3.8) is 0 Å². The fraction of sp³-hybridized carbons (Fsp3) is 0.700. The van der Waals surface area contributed by atoms with Gasteiger partial charge in [0, 0.05) is 13.0 Å². The van der Waals surface area contributed by atoms with E-state index in [1.165, 1.54) is 0 Å². The van der Waals surface area contributed by atoms with Crippen LogP contribution in [0.3, 0.4) is 0 Å². The maximum atomic E-state index is 11.1. The Morgan fingerprint density at radius 2 is 2.08 bits per heavy atom. The Kier molecular flexibility index (Phi) is 7.30. The summed E-state index contributed by atoms with van der Waals surface area (Å²) in [5, 5.41) is 2.79. The SMILES string of the molecule is C=C(C)CNC(=O)CCCCCN. The molecule has 76 valence electrons. The average molecular weight is 184 g/mol. The van der Waals surface area contributed by atoms with Crippen molar-refractivity contribution in [2.75, 3.05) is 13.1 Å². The van der Waals surface area contributed by atoms with Crippen LogP contribution in [-0.4, -0.2) is 19.0 Å². The number of hydrogen-bond acceptors (Lipinski definition) is 2. The van der Waals surface area contributed by atoms with E-state index in [0.29, 0.717) is 19.5 Å². The molecule has 0 saturated carbocycles. The molecule has 3 heteroatoms. The second kappa shape index (κ2) is 7.80. The second-order valence-corrected chi connectivity index (χ2v) is 3.33. The highest BCUT2D eigenvalue weighted by Crippen LogP contribution is 1.98. The number of nitrogens with two attached hydrogens (primary N) is 1. The first-order valence-corrected chi connectivity index (χ1v) is 4.78. The van der Waals surface area contributed by atoms with Gasteiger partial charge in [0.2, 0.25) is 5.91 Å². The summed E-state index contributed by atoms with van der Waals surface area (Å²) < 4.78 is 0. The van der Waals surface area contributed by atoms with E-state index >= 15 is 0 Å². The van der Waals surface area contributed by atoms with E-state index in [2.05, 4.69) is 11.9 Å². The molecule has 0 radical (unpaired) electrons. The molecular weight excluding hydrogens is 164 g/mol. The summed E-state index contributed by atoms with van der Waals surface area (Å²) in [6.45, 7) is 6.91. The van der Waals surface area contributed by atoms with Crippen LogP contribution in [-0.2, 0) is 4.79 Å². The predicted molar refractivity (Wildman–Crippen MR) is 55.3 cm³/mol. The molecule has 3 nitrogen and oxygen atoms in total. The number of nitrogens with one attached hydrogen (secondary N) is 1. The second-order valence-electron chi connectivity index (χ2n) is 3.33. The van der Waals surface area contributed by atoms with Crippen molar-refractivity contribution in [2.45, 2.75) is 32.6 Å². The topological polar surface area (TPSA) is 55.1 Å². The molecular formula is C10H20N2O. The molecule has 0 aromatic carbocycles. The summed E-state index contributed by atoms with van der Waals surface area (Å²) in [6.07, 6.45) is 3.58. The van der Waals surface area contributed by atoms with E-state index in [1.807, 2.05) is 6.92 Å². The highest BCUT2D eigenvalue weighted by Gasteiger charge is 1.99. The highest BCUT2D eigenvalue weighted by atomic mass is 16.1. The molecule has 0 unspecified atom stereocenters. The Balaban J connectivity index is 3.25. The van der Waals surface area contributed by atoms with Gasteiger partial charge in [0.15, 0.2) is 0 Å². The molecule has 1 amide bonds. The number of carbonyl (C=O) groups excluding carboxylic acids is 1. The molecule has 0 aromatic heterocycles. The van der Waals surface area contributed by atoms with Crippen molar-refractivity contribution >= 4 is 5.91 Å². The van der Waals surface area contributed by atoms with Crippen LogP contribution >= 0.6 is 0 Å². The van der Waals surface area contributed by atoms with E-state index in [1.54, 1.807) is 0 Å².